The number of aliphatic hydroxyl groups excluding tert-OH is 1. The lowest BCUT2D eigenvalue weighted by molar-refractivity contribution is 0.262. The second-order valence-corrected chi connectivity index (χ2v) is 4.57. The molecule has 96 valence electrons. The first kappa shape index (κ1) is 12.7. The van der Waals surface area contributed by atoms with Crippen molar-refractivity contribution >= 4 is 11.5 Å². The number of piperidine rings is 1. The summed E-state index contributed by atoms with van der Waals surface area (Å²) in [5, 5.41) is 18.1. The highest BCUT2D eigenvalue weighted by molar-refractivity contribution is 5.55. The van der Waals surface area contributed by atoms with Crippen LogP contribution in [0.2, 0.25) is 0 Å². The summed E-state index contributed by atoms with van der Waals surface area (Å²) < 4.78 is 0. The maximum absolute atomic E-state index is 9.11. The van der Waals surface area contributed by atoms with E-state index in [1.807, 2.05) is 12.1 Å². The Morgan fingerprint density at radius 3 is 3.06 bits per heavy atom. The number of rotatable bonds is 3. The van der Waals surface area contributed by atoms with Gasteiger partial charge < -0.3 is 15.7 Å². The van der Waals surface area contributed by atoms with Gasteiger partial charge in [-0.2, -0.15) is 5.26 Å². The molecule has 1 aromatic rings. The van der Waals surface area contributed by atoms with Gasteiger partial charge in [0, 0.05) is 19.2 Å². The molecule has 5 heteroatoms. The van der Waals surface area contributed by atoms with E-state index in [1.165, 1.54) is 6.42 Å². The van der Waals surface area contributed by atoms with Gasteiger partial charge in [0.15, 0.2) is 5.69 Å². The predicted octanol–water partition coefficient (Wildman–Crippen LogP) is 1.28. The minimum atomic E-state index is 0.182. The van der Waals surface area contributed by atoms with Crippen molar-refractivity contribution in [1.82, 2.24) is 4.98 Å². The van der Waals surface area contributed by atoms with Crippen molar-refractivity contribution in [3.05, 3.63) is 17.8 Å². The fraction of sp³-hybridized carbons (Fsp3) is 0.538. The van der Waals surface area contributed by atoms with Crippen LogP contribution < -0.4 is 10.6 Å². The Bertz CT molecular complexity index is 453. The van der Waals surface area contributed by atoms with Crippen molar-refractivity contribution in [1.29, 1.82) is 5.26 Å². The van der Waals surface area contributed by atoms with Crippen LogP contribution in [0.25, 0.3) is 0 Å². The molecule has 1 aromatic heterocycles. The zero-order valence-electron chi connectivity index (χ0n) is 10.3. The maximum atomic E-state index is 9.11. The number of pyridine rings is 1. The number of nitriles is 1. The first-order chi connectivity index (χ1) is 8.76. The first-order valence-electron chi connectivity index (χ1n) is 6.30. The van der Waals surface area contributed by atoms with Gasteiger partial charge >= 0.3 is 0 Å². The summed E-state index contributed by atoms with van der Waals surface area (Å²) in [7, 11) is 0. The van der Waals surface area contributed by atoms with Gasteiger partial charge in [-0.25, -0.2) is 4.98 Å². The van der Waals surface area contributed by atoms with Gasteiger partial charge in [-0.1, -0.05) is 0 Å². The number of nitrogens with zero attached hydrogens (tertiary/aromatic N) is 3. The molecule has 1 aliphatic rings. The predicted molar refractivity (Wildman–Crippen MR) is 70.1 cm³/mol. The molecular formula is C13H18N4O. The molecule has 0 bridgehead atoms. The fourth-order valence-corrected chi connectivity index (χ4v) is 2.46. The summed E-state index contributed by atoms with van der Waals surface area (Å²) in [6.07, 6.45) is 4.11. The Hall–Kier alpha value is -1.80. The summed E-state index contributed by atoms with van der Waals surface area (Å²) in [6, 6.07) is 5.90. The lowest BCUT2D eigenvalue weighted by Gasteiger charge is -2.36. The van der Waals surface area contributed by atoms with E-state index >= 15 is 0 Å². The van der Waals surface area contributed by atoms with Gasteiger partial charge in [0.25, 0.3) is 0 Å². The first-order valence-corrected chi connectivity index (χ1v) is 6.30. The minimum Gasteiger partial charge on any atom is -0.396 e. The number of hydrogen-bond acceptors (Lipinski definition) is 5. The van der Waals surface area contributed by atoms with Crippen LogP contribution in [0.3, 0.4) is 0 Å². The lowest BCUT2D eigenvalue weighted by Crippen LogP contribution is -2.40. The van der Waals surface area contributed by atoms with Crippen LogP contribution in [0.4, 0.5) is 11.5 Å². The van der Waals surface area contributed by atoms with E-state index in [1.54, 1.807) is 6.07 Å². The highest BCUT2D eigenvalue weighted by Crippen LogP contribution is 2.26. The van der Waals surface area contributed by atoms with Crippen LogP contribution in [-0.4, -0.2) is 29.3 Å². The SMILES string of the molecule is N#Cc1nc(N2CCCCC2CCO)ccc1N. The van der Waals surface area contributed by atoms with Gasteiger partial charge in [-0.3, -0.25) is 0 Å². The molecule has 1 unspecified atom stereocenters. The number of nitrogens with two attached hydrogens (primary N) is 1. The van der Waals surface area contributed by atoms with Crippen molar-refractivity contribution in [3.8, 4) is 6.07 Å². The largest absolute Gasteiger partial charge is 0.396 e. The molecule has 0 aromatic carbocycles. The summed E-state index contributed by atoms with van der Waals surface area (Å²) in [4.78, 5) is 6.49. The van der Waals surface area contributed by atoms with E-state index in [0.29, 0.717) is 11.7 Å². The molecule has 1 saturated heterocycles. The molecule has 3 N–H and O–H groups in total. The van der Waals surface area contributed by atoms with Crippen LogP contribution >= 0.6 is 0 Å². The van der Waals surface area contributed by atoms with Gasteiger partial charge in [0.1, 0.15) is 11.9 Å². The van der Waals surface area contributed by atoms with E-state index in [9.17, 15) is 0 Å². The molecule has 1 fully saturated rings. The number of anilines is 2. The number of hydrogen-bond donors (Lipinski definition) is 2. The van der Waals surface area contributed by atoms with Crippen LogP contribution in [0.5, 0.6) is 0 Å². The molecule has 0 spiro atoms. The van der Waals surface area contributed by atoms with Gasteiger partial charge in [0.05, 0.1) is 5.69 Å². The monoisotopic (exact) mass is 246 g/mol. The molecule has 2 heterocycles. The van der Waals surface area contributed by atoms with Gasteiger partial charge in [-0.15, -0.1) is 0 Å². The van der Waals surface area contributed by atoms with Gasteiger partial charge in [0.2, 0.25) is 0 Å². The Balaban J connectivity index is 2.25. The molecule has 0 radical (unpaired) electrons. The average Bonchev–Trinajstić information content (AvgIpc) is 2.40. The van der Waals surface area contributed by atoms with Crippen LogP contribution in [0, 0.1) is 11.3 Å². The molecule has 0 saturated carbocycles. The third-order valence-electron chi connectivity index (χ3n) is 3.40. The van der Waals surface area contributed by atoms with Crippen molar-refractivity contribution in [2.75, 3.05) is 23.8 Å². The highest BCUT2D eigenvalue weighted by atomic mass is 16.3. The summed E-state index contributed by atoms with van der Waals surface area (Å²) in [5.74, 6) is 0.791. The van der Waals surface area contributed by atoms with Crippen molar-refractivity contribution in [2.24, 2.45) is 0 Å². The second kappa shape index (κ2) is 5.69. The van der Waals surface area contributed by atoms with Crippen LogP contribution in [-0.2, 0) is 0 Å². The molecular weight excluding hydrogens is 228 g/mol. The summed E-state index contributed by atoms with van der Waals surface area (Å²) >= 11 is 0. The lowest BCUT2D eigenvalue weighted by atomic mass is 9.99. The third kappa shape index (κ3) is 2.54. The molecule has 0 amide bonds. The van der Waals surface area contributed by atoms with E-state index in [2.05, 4.69) is 9.88 Å². The highest BCUT2D eigenvalue weighted by Gasteiger charge is 2.23. The maximum Gasteiger partial charge on any atom is 0.165 e. The van der Waals surface area contributed by atoms with E-state index < -0.39 is 0 Å². The average molecular weight is 246 g/mol. The Morgan fingerprint density at radius 1 is 1.50 bits per heavy atom. The molecule has 1 aliphatic heterocycles. The van der Waals surface area contributed by atoms with Crippen molar-refractivity contribution < 1.29 is 5.11 Å². The van der Waals surface area contributed by atoms with Crippen LogP contribution in [0.1, 0.15) is 31.4 Å². The number of nitrogen functional groups attached to an aromatic ring is 1. The molecule has 1 atom stereocenters. The van der Waals surface area contributed by atoms with E-state index in [-0.39, 0.29) is 12.3 Å². The number of aliphatic hydroxyl groups is 1. The smallest absolute Gasteiger partial charge is 0.165 e. The molecule has 2 rings (SSSR count). The van der Waals surface area contributed by atoms with E-state index in [4.69, 9.17) is 16.1 Å². The van der Waals surface area contributed by atoms with Crippen molar-refractivity contribution in [3.63, 3.8) is 0 Å². The van der Waals surface area contributed by atoms with Crippen LogP contribution in [0.15, 0.2) is 12.1 Å². The quantitative estimate of drug-likeness (QED) is 0.839. The fourth-order valence-electron chi connectivity index (χ4n) is 2.46. The normalized spacial score (nSPS) is 19.6. The zero-order chi connectivity index (χ0) is 13.0. The third-order valence-corrected chi connectivity index (χ3v) is 3.40. The summed E-state index contributed by atoms with van der Waals surface area (Å²) in [6.45, 7) is 1.10. The molecule has 5 nitrogen and oxygen atoms in total. The second-order valence-electron chi connectivity index (χ2n) is 4.57. The topological polar surface area (TPSA) is 86.2 Å². The molecule has 0 aliphatic carbocycles. The Morgan fingerprint density at radius 2 is 2.33 bits per heavy atom. The van der Waals surface area contributed by atoms with Gasteiger partial charge in [-0.05, 0) is 37.8 Å². The van der Waals surface area contributed by atoms with E-state index in [0.717, 1.165) is 31.6 Å². The minimum absolute atomic E-state index is 0.182. The zero-order valence-corrected chi connectivity index (χ0v) is 10.3. The summed E-state index contributed by atoms with van der Waals surface area (Å²) in [5.41, 5.74) is 6.37. The Labute approximate surface area is 107 Å². The Kier molecular flexibility index (Phi) is 4.00. The molecule has 18 heavy (non-hydrogen) atoms. The standard InChI is InChI=1S/C13H18N4O/c14-9-12-11(15)4-5-13(16-12)17-7-2-1-3-10(17)6-8-18/h4-5,10,18H,1-3,6-8,15H2. The number of aromatic nitrogens is 1. The van der Waals surface area contributed by atoms with Crippen molar-refractivity contribution in [2.45, 2.75) is 31.7 Å².